The first kappa shape index (κ1) is 17.3. The molecule has 0 saturated carbocycles. The number of nitrogens with zero attached hydrogens (tertiary/aromatic N) is 3. The van der Waals surface area contributed by atoms with Crippen LogP contribution in [0.25, 0.3) is 0 Å². The van der Waals surface area contributed by atoms with Gasteiger partial charge in [-0.3, -0.25) is 0 Å². The summed E-state index contributed by atoms with van der Waals surface area (Å²) in [4.78, 5) is 2.15. The second kappa shape index (κ2) is 9.13. The molecule has 2 rings (SSSR count). The molecule has 116 valence electrons. The lowest BCUT2D eigenvalue weighted by Gasteiger charge is -2.22. The van der Waals surface area contributed by atoms with E-state index in [0.717, 1.165) is 34.6 Å². The van der Waals surface area contributed by atoms with Crippen LogP contribution in [0.3, 0.4) is 0 Å². The summed E-state index contributed by atoms with van der Waals surface area (Å²) < 4.78 is 1.02. The third-order valence-electron chi connectivity index (χ3n) is 3.03. The van der Waals surface area contributed by atoms with Crippen molar-refractivity contribution in [1.29, 1.82) is 0 Å². The van der Waals surface area contributed by atoms with Crippen molar-refractivity contribution in [3.8, 4) is 0 Å². The van der Waals surface area contributed by atoms with E-state index in [4.69, 9.17) is 23.2 Å². The van der Waals surface area contributed by atoms with E-state index < -0.39 is 0 Å². The van der Waals surface area contributed by atoms with Crippen molar-refractivity contribution in [3.63, 3.8) is 0 Å². The van der Waals surface area contributed by atoms with Crippen LogP contribution in [0.2, 0.25) is 0 Å². The minimum Gasteiger partial charge on any atom is -0.369 e. The zero-order chi connectivity index (χ0) is 15.8. The van der Waals surface area contributed by atoms with Gasteiger partial charge in [0.25, 0.3) is 0 Å². The zero-order valence-electron chi connectivity index (χ0n) is 11.9. The molecule has 6 heteroatoms. The Morgan fingerprint density at radius 1 is 0.773 bits per heavy atom. The number of halogens is 3. The minimum absolute atomic E-state index is 0.571. The highest BCUT2D eigenvalue weighted by Crippen LogP contribution is 2.23. The van der Waals surface area contributed by atoms with Crippen LogP contribution in [-0.2, 0) is 0 Å². The first-order chi connectivity index (χ1) is 10.7. The number of hydrogen-bond donors (Lipinski definition) is 0. The van der Waals surface area contributed by atoms with Crippen LogP contribution in [0, 0.1) is 0 Å². The Kier molecular flexibility index (Phi) is 7.16. The fraction of sp³-hybridized carbons (Fsp3) is 0.250. The van der Waals surface area contributed by atoms with Crippen LogP contribution in [0.4, 0.5) is 17.1 Å². The largest absolute Gasteiger partial charge is 0.369 e. The van der Waals surface area contributed by atoms with Gasteiger partial charge in [-0.2, -0.15) is 10.2 Å². The molecule has 0 heterocycles. The third kappa shape index (κ3) is 5.27. The lowest BCUT2D eigenvalue weighted by molar-refractivity contribution is 0.874. The van der Waals surface area contributed by atoms with Gasteiger partial charge in [-0.15, -0.1) is 23.2 Å². The SMILES string of the molecule is ClCCN(CCCl)c1ccc(N=Nc2ccc(Br)cc2)cc1. The van der Waals surface area contributed by atoms with Gasteiger partial charge in [-0.25, -0.2) is 0 Å². The van der Waals surface area contributed by atoms with Gasteiger partial charge in [0.05, 0.1) is 11.4 Å². The van der Waals surface area contributed by atoms with E-state index in [2.05, 4.69) is 31.1 Å². The van der Waals surface area contributed by atoms with E-state index in [1.807, 2.05) is 48.5 Å². The molecule has 0 bridgehead atoms. The zero-order valence-corrected chi connectivity index (χ0v) is 15.0. The van der Waals surface area contributed by atoms with E-state index in [1.54, 1.807) is 0 Å². The fourth-order valence-corrected chi connectivity index (χ4v) is 2.60. The molecule has 0 saturated heterocycles. The van der Waals surface area contributed by atoms with Crippen molar-refractivity contribution in [2.75, 3.05) is 29.7 Å². The van der Waals surface area contributed by atoms with Gasteiger partial charge in [0, 0.05) is 35.0 Å². The summed E-state index contributed by atoms with van der Waals surface area (Å²) in [7, 11) is 0. The fourth-order valence-electron chi connectivity index (χ4n) is 1.93. The predicted molar refractivity (Wildman–Crippen MR) is 98.4 cm³/mol. The highest BCUT2D eigenvalue weighted by atomic mass is 79.9. The second-order valence-corrected chi connectivity index (χ2v) is 6.23. The van der Waals surface area contributed by atoms with Crippen LogP contribution in [-0.4, -0.2) is 24.8 Å². The van der Waals surface area contributed by atoms with Gasteiger partial charge in [-0.05, 0) is 48.5 Å². The molecule has 0 aliphatic heterocycles. The van der Waals surface area contributed by atoms with Crippen LogP contribution in [0.15, 0.2) is 63.2 Å². The van der Waals surface area contributed by atoms with Crippen LogP contribution in [0.5, 0.6) is 0 Å². The number of rotatable bonds is 7. The van der Waals surface area contributed by atoms with Crippen molar-refractivity contribution in [2.24, 2.45) is 10.2 Å². The molecule has 2 aromatic rings. The monoisotopic (exact) mass is 399 g/mol. The first-order valence-corrected chi connectivity index (χ1v) is 8.73. The Bertz CT molecular complexity index is 594. The molecule has 2 aromatic carbocycles. The van der Waals surface area contributed by atoms with Crippen molar-refractivity contribution < 1.29 is 0 Å². The smallest absolute Gasteiger partial charge is 0.0858 e. The highest BCUT2D eigenvalue weighted by molar-refractivity contribution is 9.10. The molecule has 22 heavy (non-hydrogen) atoms. The predicted octanol–water partition coefficient (Wildman–Crippen LogP) is 6.15. The van der Waals surface area contributed by atoms with E-state index in [9.17, 15) is 0 Å². The summed E-state index contributed by atoms with van der Waals surface area (Å²) in [5.41, 5.74) is 2.71. The Morgan fingerprint density at radius 3 is 1.68 bits per heavy atom. The maximum Gasteiger partial charge on any atom is 0.0858 e. The quantitative estimate of drug-likeness (QED) is 0.404. The van der Waals surface area contributed by atoms with Crippen molar-refractivity contribution in [2.45, 2.75) is 0 Å². The molecule has 0 radical (unpaired) electrons. The minimum atomic E-state index is 0.571. The number of benzene rings is 2. The molecular weight excluding hydrogens is 385 g/mol. The van der Waals surface area contributed by atoms with Gasteiger partial charge < -0.3 is 4.90 Å². The summed E-state index contributed by atoms with van der Waals surface area (Å²) in [5.74, 6) is 1.14. The van der Waals surface area contributed by atoms with Crippen LogP contribution >= 0.6 is 39.1 Å². The number of alkyl halides is 2. The van der Waals surface area contributed by atoms with Crippen molar-refractivity contribution in [1.82, 2.24) is 0 Å². The molecule has 0 unspecified atom stereocenters. The van der Waals surface area contributed by atoms with E-state index in [-0.39, 0.29) is 0 Å². The topological polar surface area (TPSA) is 28.0 Å². The number of azo groups is 1. The van der Waals surface area contributed by atoms with Gasteiger partial charge in [0.1, 0.15) is 0 Å². The number of anilines is 1. The molecule has 0 fully saturated rings. The van der Waals surface area contributed by atoms with Crippen LogP contribution in [0.1, 0.15) is 0 Å². The number of hydrogen-bond acceptors (Lipinski definition) is 3. The average Bonchev–Trinajstić information content (AvgIpc) is 2.55. The Morgan fingerprint density at radius 2 is 1.23 bits per heavy atom. The summed E-state index contributed by atoms with van der Waals surface area (Å²) in [6, 6.07) is 15.6. The second-order valence-electron chi connectivity index (χ2n) is 4.56. The van der Waals surface area contributed by atoms with Gasteiger partial charge in [0.2, 0.25) is 0 Å². The van der Waals surface area contributed by atoms with Gasteiger partial charge in [0.15, 0.2) is 0 Å². The first-order valence-electron chi connectivity index (χ1n) is 6.87. The van der Waals surface area contributed by atoms with E-state index in [0.29, 0.717) is 11.8 Å². The van der Waals surface area contributed by atoms with Crippen molar-refractivity contribution >= 4 is 56.2 Å². The molecule has 0 spiro atoms. The third-order valence-corrected chi connectivity index (χ3v) is 3.90. The van der Waals surface area contributed by atoms with Crippen molar-refractivity contribution in [3.05, 3.63) is 53.0 Å². The summed E-state index contributed by atoms with van der Waals surface area (Å²) >= 11 is 15.0. The lowest BCUT2D eigenvalue weighted by atomic mass is 10.2. The summed E-state index contributed by atoms with van der Waals surface area (Å²) in [6.07, 6.45) is 0. The van der Waals surface area contributed by atoms with Crippen LogP contribution < -0.4 is 4.90 Å². The van der Waals surface area contributed by atoms with E-state index in [1.165, 1.54) is 0 Å². The van der Waals surface area contributed by atoms with E-state index >= 15 is 0 Å². The molecule has 0 aliphatic carbocycles. The molecule has 0 aromatic heterocycles. The van der Waals surface area contributed by atoms with Gasteiger partial charge >= 0.3 is 0 Å². The summed E-state index contributed by atoms with van der Waals surface area (Å²) in [6.45, 7) is 1.54. The molecular formula is C16H16BrCl2N3. The molecule has 0 aliphatic rings. The Hall–Kier alpha value is -1.10. The Labute approximate surface area is 149 Å². The highest BCUT2D eigenvalue weighted by Gasteiger charge is 2.04. The maximum atomic E-state index is 5.82. The Balaban J connectivity index is 2.06. The summed E-state index contributed by atoms with van der Waals surface area (Å²) in [5, 5.41) is 8.45. The lowest BCUT2D eigenvalue weighted by Crippen LogP contribution is -2.27. The van der Waals surface area contributed by atoms with Gasteiger partial charge in [-0.1, -0.05) is 15.9 Å². The molecule has 0 N–H and O–H groups in total. The molecule has 3 nitrogen and oxygen atoms in total. The standard InChI is InChI=1S/C16H16BrCl2N3/c17-13-1-3-14(4-2-13)20-21-15-5-7-16(8-6-15)22(11-9-18)12-10-19/h1-8H,9-12H2. The maximum absolute atomic E-state index is 5.82. The molecule has 0 amide bonds. The average molecular weight is 401 g/mol. The normalized spacial score (nSPS) is 11.0. The molecule has 0 atom stereocenters.